The van der Waals surface area contributed by atoms with Crippen LogP contribution < -0.4 is 10.1 Å². The third kappa shape index (κ3) is 3.73. The molecule has 0 spiro atoms. The predicted octanol–water partition coefficient (Wildman–Crippen LogP) is 2.12. The molecule has 0 atom stereocenters. The van der Waals surface area contributed by atoms with Gasteiger partial charge in [-0.3, -0.25) is 0 Å². The van der Waals surface area contributed by atoms with Gasteiger partial charge in [0.05, 0.1) is 12.2 Å². The van der Waals surface area contributed by atoms with Crippen LogP contribution in [-0.4, -0.2) is 28.6 Å². The molecule has 1 heterocycles. The van der Waals surface area contributed by atoms with Gasteiger partial charge in [0.15, 0.2) is 11.6 Å². The van der Waals surface area contributed by atoms with Crippen molar-refractivity contribution in [3.8, 4) is 5.75 Å². The van der Waals surface area contributed by atoms with Crippen molar-refractivity contribution in [3.05, 3.63) is 40.1 Å². The largest absolute Gasteiger partial charge is 0.488 e. The minimum atomic E-state index is -0.998. The number of rotatable bonds is 6. The minimum absolute atomic E-state index is 0.132. The second-order valence-electron chi connectivity index (χ2n) is 4.05. The molecule has 0 aliphatic carbocycles. The van der Waals surface area contributed by atoms with Crippen LogP contribution in [0.2, 0.25) is 0 Å². The number of halogens is 3. The van der Waals surface area contributed by atoms with E-state index in [4.69, 9.17) is 4.74 Å². The molecule has 8 heteroatoms. The van der Waals surface area contributed by atoms with Crippen molar-refractivity contribution < 1.29 is 13.5 Å². The molecule has 5 nitrogen and oxygen atoms in total. The summed E-state index contributed by atoms with van der Waals surface area (Å²) >= 11 is 3.08. The van der Waals surface area contributed by atoms with Crippen LogP contribution in [0.4, 0.5) is 8.78 Å². The van der Waals surface area contributed by atoms with Crippen LogP contribution in [0.15, 0.2) is 22.8 Å². The molecule has 2 aromatic rings. The van der Waals surface area contributed by atoms with Crippen molar-refractivity contribution in [1.82, 2.24) is 20.3 Å². The molecular weight excluding hydrogens is 334 g/mol. The summed E-state index contributed by atoms with van der Waals surface area (Å²) in [5.41, 5.74) is 0.798. The number of hydrogen-bond donors (Lipinski definition) is 1. The molecule has 1 N–H and O–H groups in total. The second-order valence-corrected chi connectivity index (χ2v) is 4.97. The molecule has 0 radical (unpaired) electrons. The first-order chi connectivity index (χ1) is 9.60. The minimum Gasteiger partial charge on any atom is -0.488 e. The Bertz CT molecular complexity index is 591. The van der Waals surface area contributed by atoms with Gasteiger partial charge < -0.3 is 10.1 Å². The molecule has 0 aliphatic rings. The lowest BCUT2D eigenvalue weighted by atomic mass is 10.3. The quantitative estimate of drug-likeness (QED) is 0.814. The van der Waals surface area contributed by atoms with Gasteiger partial charge in [-0.25, -0.2) is 9.07 Å². The SMILES string of the molecule is CNCc1cn(CCOc2cc(Br)cc(F)c2F)nn1. The van der Waals surface area contributed by atoms with E-state index in [2.05, 4.69) is 31.6 Å². The number of ether oxygens (including phenoxy) is 1. The van der Waals surface area contributed by atoms with E-state index >= 15 is 0 Å². The lowest BCUT2D eigenvalue weighted by Gasteiger charge is -2.08. The van der Waals surface area contributed by atoms with E-state index in [0.717, 1.165) is 11.8 Å². The lowest BCUT2D eigenvalue weighted by Crippen LogP contribution is -2.10. The molecule has 0 amide bonds. The summed E-state index contributed by atoms with van der Waals surface area (Å²) < 4.78 is 33.8. The highest BCUT2D eigenvalue weighted by Crippen LogP contribution is 2.25. The van der Waals surface area contributed by atoms with Crippen molar-refractivity contribution in [2.75, 3.05) is 13.7 Å². The van der Waals surface area contributed by atoms with Gasteiger partial charge in [0.2, 0.25) is 5.82 Å². The van der Waals surface area contributed by atoms with Crippen molar-refractivity contribution in [1.29, 1.82) is 0 Å². The number of nitrogens with one attached hydrogen (secondary N) is 1. The average Bonchev–Trinajstić information content (AvgIpc) is 2.83. The van der Waals surface area contributed by atoms with Gasteiger partial charge in [-0.05, 0) is 19.2 Å². The van der Waals surface area contributed by atoms with E-state index in [1.165, 1.54) is 6.07 Å². The molecule has 20 heavy (non-hydrogen) atoms. The van der Waals surface area contributed by atoms with Crippen LogP contribution in [0, 0.1) is 11.6 Å². The number of benzene rings is 1. The van der Waals surface area contributed by atoms with Crippen LogP contribution in [0.5, 0.6) is 5.75 Å². The Morgan fingerprint density at radius 3 is 2.95 bits per heavy atom. The molecule has 0 saturated carbocycles. The summed E-state index contributed by atoms with van der Waals surface area (Å²) in [7, 11) is 1.81. The highest BCUT2D eigenvalue weighted by atomic mass is 79.9. The summed E-state index contributed by atoms with van der Waals surface area (Å²) in [5, 5.41) is 10.8. The summed E-state index contributed by atoms with van der Waals surface area (Å²) in [6.07, 6.45) is 1.76. The first-order valence-electron chi connectivity index (χ1n) is 5.91. The van der Waals surface area contributed by atoms with E-state index < -0.39 is 11.6 Å². The van der Waals surface area contributed by atoms with Crippen molar-refractivity contribution in [3.63, 3.8) is 0 Å². The first-order valence-corrected chi connectivity index (χ1v) is 6.70. The molecule has 1 aromatic carbocycles. The topological polar surface area (TPSA) is 52.0 Å². The van der Waals surface area contributed by atoms with E-state index in [1.807, 2.05) is 7.05 Å². The maximum Gasteiger partial charge on any atom is 0.200 e. The third-order valence-electron chi connectivity index (χ3n) is 2.48. The number of aromatic nitrogens is 3. The maximum absolute atomic E-state index is 13.4. The first kappa shape index (κ1) is 14.9. The molecule has 108 valence electrons. The molecule has 2 rings (SSSR count). The van der Waals surface area contributed by atoms with Crippen LogP contribution >= 0.6 is 15.9 Å². The molecule has 0 saturated heterocycles. The zero-order valence-electron chi connectivity index (χ0n) is 10.7. The van der Waals surface area contributed by atoms with Gasteiger partial charge in [-0.1, -0.05) is 21.1 Å². The smallest absolute Gasteiger partial charge is 0.200 e. The Kier molecular flexibility index (Phi) is 5.02. The van der Waals surface area contributed by atoms with Gasteiger partial charge in [0.1, 0.15) is 6.61 Å². The predicted molar refractivity (Wildman–Crippen MR) is 72.3 cm³/mol. The molecule has 0 unspecified atom stereocenters. The standard InChI is InChI=1S/C12H13BrF2N4O/c1-16-6-9-7-19(18-17-9)2-3-20-11-5-8(13)4-10(14)12(11)15/h4-5,7,16H,2-3,6H2,1H3. The van der Waals surface area contributed by atoms with Crippen molar-refractivity contribution in [2.24, 2.45) is 0 Å². The summed E-state index contributed by atoms with van der Waals surface area (Å²) in [6.45, 7) is 1.17. The Labute approximate surface area is 123 Å². The summed E-state index contributed by atoms with van der Waals surface area (Å²) in [5.74, 6) is -2.08. The normalized spacial score (nSPS) is 10.8. The van der Waals surface area contributed by atoms with E-state index in [9.17, 15) is 8.78 Å². The Morgan fingerprint density at radius 1 is 1.40 bits per heavy atom. The molecular formula is C12H13BrF2N4O. The average molecular weight is 347 g/mol. The van der Waals surface area contributed by atoms with Crippen molar-refractivity contribution in [2.45, 2.75) is 13.1 Å². The third-order valence-corrected chi connectivity index (χ3v) is 2.94. The zero-order valence-corrected chi connectivity index (χ0v) is 12.3. The fourth-order valence-electron chi connectivity index (χ4n) is 1.60. The Hall–Kier alpha value is -1.54. The van der Waals surface area contributed by atoms with Crippen LogP contribution in [0.3, 0.4) is 0 Å². The number of hydrogen-bond acceptors (Lipinski definition) is 4. The van der Waals surface area contributed by atoms with Crippen LogP contribution in [0.1, 0.15) is 5.69 Å². The molecule has 0 fully saturated rings. The van der Waals surface area contributed by atoms with E-state index in [-0.39, 0.29) is 12.4 Å². The second kappa shape index (κ2) is 6.76. The van der Waals surface area contributed by atoms with Crippen LogP contribution in [-0.2, 0) is 13.1 Å². The fraction of sp³-hybridized carbons (Fsp3) is 0.333. The van der Waals surface area contributed by atoms with E-state index in [0.29, 0.717) is 17.6 Å². The number of nitrogens with zero attached hydrogens (tertiary/aromatic N) is 3. The highest BCUT2D eigenvalue weighted by Gasteiger charge is 2.11. The van der Waals surface area contributed by atoms with Crippen molar-refractivity contribution >= 4 is 15.9 Å². The lowest BCUT2D eigenvalue weighted by molar-refractivity contribution is 0.272. The fourth-order valence-corrected chi connectivity index (χ4v) is 2.01. The van der Waals surface area contributed by atoms with E-state index in [1.54, 1.807) is 10.9 Å². The summed E-state index contributed by atoms with van der Waals surface area (Å²) in [4.78, 5) is 0. The molecule has 1 aromatic heterocycles. The molecule has 0 aliphatic heterocycles. The molecule has 0 bridgehead atoms. The Morgan fingerprint density at radius 2 is 2.20 bits per heavy atom. The monoisotopic (exact) mass is 346 g/mol. The highest BCUT2D eigenvalue weighted by molar-refractivity contribution is 9.10. The summed E-state index contributed by atoms with van der Waals surface area (Å²) in [6, 6.07) is 2.43. The van der Waals surface area contributed by atoms with Gasteiger partial charge in [-0.15, -0.1) is 5.10 Å². The van der Waals surface area contributed by atoms with Crippen LogP contribution in [0.25, 0.3) is 0 Å². The van der Waals surface area contributed by atoms with Gasteiger partial charge >= 0.3 is 0 Å². The maximum atomic E-state index is 13.4. The zero-order chi connectivity index (χ0) is 14.5. The van der Waals surface area contributed by atoms with Gasteiger partial charge in [0, 0.05) is 17.2 Å². The van der Waals surface area contributed by atoms with Gasteiger partial charge in [-0.2, -0.15) is 4.39 Å². The Balaban J connectivity index is 1.92. The van der Waals surface area contributed by atoms with Gasteiger partial charge in [0.25, 0.3) is 0 Å².